The highest BCUT2D eigenvalue weighted by Gasteiger charge is 2.54. The molecule has 0 radical (unpaired) electrons. The minimum absolute atomic E-state index is 0.302. The van der Waals surface area contributed by atoms with E-state index in [0.717, 1.165) is 9.78 Å². The number of hydrogen-bond donors (Lipinski definition) is 1. The first-order valence-electron chi connectivity index (χ1n) is 9.54. The van der Waals surface area contributed by atoms with Gasteiger partial charge in [0.2, 0.25) is 5.91 Å². The smallest absolute Gasteiger partial charge is 0.326 e. The van der Waals surface area contributed by atoms with Gasteiger partial charge in [-0.25, -0.2) is 4.79 Å². The molecule has 0 atom stereocenters. The molecule has 6 nitrogen and oxygen atoms in total. The molecule has 0 saturated carbocycles. The lowest BCUT2D eigenvalue weighted by Gasteiger charge is -2.28. The van der Waals surface area contributed by atoms with Gasteiger partial charge in [-0.3, -0.25) is 14.5 Å². The van der Waals surface area contributed by atoms with E-state index >= 15 is 0 Å². The van der Waals surface area contributed by atoms with Gasteiger partial charge in [-0.2, -0.15) is 0 Å². The molecule has 1 N–H and O–H groups in total. The van der Waals surface area contributed by atoms with Gasteiger partial charge in [-0.05, 0) is 22.6 Å². The Balaban J connectivity index is 1.63. The van der Waals surface area contributed by atoms with E-state index in [1.54, 1.807) is 42.6 Å². The molecule has 1 aliphatic heterocycles. The summed E-state index contributed by atoms with van der Waals surface area (Å²) in [6.45, 7) is 0.122. The molecule has 3 aromatic rings. The van der Waals surface area contributed by atoms with Crippen molar-refractivity contribution in [2.45, 2.75) is 12.1 Å². The Hall–Kier alpha value is -3.45. The second kappa shape index (κ2) is 8.12. The Kier molecular flexibility index (Phi) is 5.37. The molecule has 4 amide bonds. The Morgan fingerprint density at radius 2 is 1.57 bits per heavy atom. The number of thiophene rings is 1. The lowest BCUT2D eigenvalue weighted by molar-refractivity contribution is -0.138. The summed E-state index contributed by atoms with van der Waals surface area (Å²) in [6.07, 6.45) is 0. The number of imide groups is 1. The van der Waals surface area contributed by atoms with Gasteiger partial charge in [0.05, 0.1) is 6.54 Å². The molecule has 1 aliphatic rings. The van der Waals surface area contributed by atoms with E-state index in [4.69, 9.17) is 0 Å². The maximum atomic E-state index is 13.6. The van der Waals surface area contributed by atoms with Crippen LogP contribution < -0.4 is 5.32 Å². The zero-order valence-corrected chi connectivity index (χ0v) is 17.3. The van der Waals surface area contributed by atoms with Crippen molar-refractivity contribution in [3.8, 4) is 0 Å². The molecule has 0 aliphatic carbocycles. The van der Waals surface area contributed by atoms with Crippen molar-refractivity contribution in [3.05, 3.63) is 94.2 Å². The number of nitrogens with one attached hydrogen (secondary N) is 1. The van der Waals surface area contributed by atoms with Gasteiger partial charge < -0.3 is 10.2 Å². The molecule has 152 valence electrons. The lowest BCUT2D eigenvalue weighted by atomic mass is 9.82. The van der Waals surface area contributed by atoms with Crippen molar-refractivity contribution in [2.75, 3.05) is 13.6 Å². The molecule has 1 fully saturated rings. The third-order valence-electron chi connectivity index (χ3n) is 5.21. The van der Waals surface area contributed by atoms with E-state index in [0.29, 0.717) is 17.7 Å². The summed E-state index contributed by atoms with van der Waals surface area (Å²) >= 11 is 1.55. The second-order valence-electron chi connectivity index (χ2n) is 7.13. The van der Waals surface area contributed by atoms with E-state index < -0.39 is 17.5 Å². The monoisotopic (exact) mass is 419 g/mol. The molecule has 7 heteroatoms. The van der Waals surface area contributed by atoms with Crippen LogP contribution in [0.4, 0.5) is 4.79 Å². The molecule has 30 heavy (non-hydrogen) atoms. The zero-order chi connectivity index (χ0) is 21.1. The van der Waals surface area contributed by atoms with E-state index in [1.165, 1.54) is 4.90 Å². The summed E-state index contributed by atoms with van der Waals surface area (Å²) in [5.41, 5.74) is -0.0560. The van der Waals surface area contributed by atoms with Crippen LogP contribution in [0.15, 0.2) is 78.2 Å². The summed E-state index contributed by atoms with van der Waals surface area (Å²) < 4.78 is 0. The molecule has 2 aromatic carbocycles. The van der Waals surface area contributed by atoms with Gasteiger partial charge >= 0.3 is 6.03 Å². The van der Waals surface area contributed by atoms with Crippen LogP contribution in [0.25, 0.3) is 0 Å². The fourth-order valence-corrected chi connectivity index (χ4v) is 4.39. The number of hydrogen-bond acceptors (Lipinski definition) is 4. The molecule has 1 saturated heterocycles. The molecule has 0 unspecified atom stereocenters. The van der Waals surface area contributed by atoms with Gasteiger partial charge in [0.1, 0.15) is 6.54 Å². The number of amides is 4. The highest BCUT2D eigenvalue weighted by Crippen LogP contribution is 2.35. The van der Waals surface area contributed by atoms with E-state index in [-0.39, 0.29) is 12.5 Å². The van der Waals surface area contributed by atoms with Crippen LogP contribution in [0, 0.1) is 0 Å². The van der Waals surface area contributed by atoms with Crippen LogP contribution in [0.3, 0.4) is 0 Å². The summed E-state index contributed by atoms with van der Waals surface area (Å²) in [5, 5.41) is 4.80. The third-order valence-corrected chi connectivity index (χ3v) is 6.07. The molecule has 1 aromatic heterocycles. The summed E-state index contributed by atoms with van der Waals surface area (Å²) in [7, 11) is 1.67. The van der Waals surface area contributed by atoms with Crippen molar-refractivity contribution < 1.29 is 14.4 Å². The Morgan fingerprint density at radius 3 is 2.10 bits per heavy atom. The molecule has 0 bridgehead atoms. The van der Waals surface area contributed by atoms with Crippen molar-refractivity contribution in [2.24, 2.45) is 0 Å². The van der Waals surface area contributed by atoms with Crippen molar-refractivity contribution in [1.82, 2.24) is 15.1 Å². The molecular weight excluding hydrogens is 398 g/mol. The van der Waals surface area contributed by atoms with Gasteiger partial charge in [0.25, 0.3) is 5.91 Å². The average Bonchev–Trinajstić information content (AvgIpc) is 3.37. The molecular formula is C23H21N3O3S. The number of carbonyl (C=O) groups excluding carboxylic acids is 3. The van der Waals surface area contributed by atoms with Crippen LogP contribution in [0.5, 0.6) is 0 Å². The first kappa shape index (κ1) is 19.8. The Bertz CT molecular complexity index is 1010. The highest BCUT2D eigenvalue weighted by molar-refractivity contribution is 7.09. The van der Waals surface area contributed by atoms with Gasteiger partial charge in [-0.1, -0.05) is 66.7 Å². The van der Waals surface area contributed by atoms with E-state index in [2.05, 4.69) is 5.32 Å². The van der Waals surface area contributed by atoms with Crippen LogP contribution >= 0.6 is 11.3 Å². The van der Waals surface area contributed by atoms with E-state index in [1.807, 2.05) is 53.9 Å². The number of rotatable bonds is 6. The summed E-state index contributed by atoms with van der Waals surface area (Å²) in [5.74, 6) is -0.758. The minimum atomic E-state index is -1.35. The van der Waals surface area contributed by atoms with Crippen LogP contribution in [-0.4, -0.2) is 41.2 Å². The number of nitrogens with zero attached hydrogens (tertiary/aromatic N) is 2. The van der Waals surface area contributed by atoms with Crippen LogP contribution in [-0.2, 0) is 21.7 Å². The SMILES string of the molecule is CN(Cc1cccs1)C(=O)CN1C(=O)NC(c2ccccc2)(c2ccccc2)C1=O. The fourth-order valence-electron chi connectivity index (χ4n) is 3.63. The topological polar surface area (TPSA) is 69.7 Å². The zero-order valence-electron chi connectivity index (χ0n) is 16.4. The largest absolute Gasteiger partial charge is 0.339 e. The first-order valence-corrected chi connectivity index (χ1v) is 10.4. The number of likely N-dealkylation sites (N-methyl/N-ethyl adjacent to an activating group) is 1. The molecule has 2 heterocycles. The van der Waals surface area contributed by atoms with E-state index in [9.17, 15) is 14.4 Å². The second-order valence-corrected chi connectivity index (χ2v) is 8.16. The molecule has 4 rings (SSSR count). The quantitative estimate of drug-likeness (QED) is 0.624. The van der Waals surface area contributed by atoms with Crippen LogP contribution in [0.1, 0.15) is 16.0 Å². The van der Waals surface area contributed by atoms with Crippen molar-refractivity contribution >= 4 is 29.2 Å². The van der Waals surface area contributed by atoms with Crippen LogP contribution in [0.2, 0.25) is 0 Å². The van der Waals surface area contributed by atoms with Gasteiger partial charge in [0, 0.05) is 11.9 Å². The predicted molar refractivity (Wildman–Crippen MR) is 115 cm³/mol. The normalized spacial score (nSPS) is 15.2. The number of carbonyl (C=O) groups is 3. The number of urea groups is 1. The van der Waals surface area contributed by atoms with Gasteiger partial charge in [0.15, 0.2) is 5.54 Å². The minimum Gasteiger partial charge on any atom is -0.339 e. The average molecular weight is 420 g/mol. The summed E-state index contributed by atoms with van der Waals surface area (Å²) in [4.78, 5) is 42.8. The predicted octanol–water partition coefficient (Wildman–Crippen LogP) is 3.20. The maximum absolute atomic E-state index is 13.6. The standard InChI is InChI=1S/C23H21N3O3S/c1-25(15-19-13-8-14-30-19)20(27)16-26-21(28)23(24-22(26)29,17-9-4-2-5-10-17)18-11-6-3-7-12-18/h2-14H,15-16H2,1H3,(H,24,29). The number of benzene rings is 2. The van der Waals surface area contributed by atoms with Gasteiger partial charge in [-0.15, -0.1) is 11.3 Å². The Morgan fingerprint density at radius 1 is 0.967 bits per heavy atom. The fraction of sp³-hybridized carbons (Fsp3) is 0.174. The molecule has 0 spiro atoms. The maximum Gasteiger partial charge on any atom is 0.326 e. The van der Waals surface area contributed by atoms with Crippen molar-refractivity contribution in [3.63, 3.8) is 0 Å². The van der Waals surface area contributed by atoms with Crippen molar-refractivity contribution in [1.29, 1.82) is 0 Å². The summed E-state index contributed by atoms with van der Waals surface area (Å²) in [6, 6.07) is 21.5. The lowest BCUT2D eigenvalue weighted by Crippen LogP contribution is -2.46. The first-order chi connectivity index (χ1) is 14.5. The Labute approximate surface area is 178 Å². The highest BCUT2D eigenvalue weighted by atomic mass is 32.1. The third kappa shape index (κ3) is 3.48.